The van der Waals surface area contributed by atoms with Gasteiger partial charge in [0.05, 0.1) is 6.10 Å². The van der Waals surface area contributed by atoms with E-state index in [-0.39, 0.29) is 12.0 Å². The standard InChI is InChI=1S/C17H28N2O/c1-13(17(20)16-8-6-5-7-9-16)10-19-11-14(2)18(4)15(3)12-19/h5-9,13-15,17,20H,10-12H2,1-4H3. The minimum Gasteiger partial charge on any atom is -0.388 e. The zero-order valence-corrected chi connectivity index (χ0v) is 13.2. The molecule has 1 aromatic rings. The Labute approximate surface area is 123 Å². The monoisotopic (exact) mass is 276 g/mol. The first-order valence-corrected chi connectivity index (χ1v) is 7.66. The highest BCUT2D eigenvalue weighted by molar-refractivity contribution is 5.17. The highest BCUT2D eigenvalue weighted by Crippen LogP contribution is 2.24. The van der Waals surface area contributed by atoms with Crippen molar-refractivity contribution in [2.75, 3.05) is 26.7 Å². The second kappa shape index (κ2) is 6.70. The van der Waals surface area contributed by atoms with E-state index in [0.717, 1.165) is 25.2 Å². The minimum atomic E-state index is -0.374. The number of nitrogens with zero attached hydrogens (tertiary/aromatic N) is 2. The van der Waals surface area contributed by atoms with E-state index < -0.39 is 0 Å². The molecule has 4 unspecified atom stereocenters. The van der Waals surface area contributed by atoms with E-state index in [2.05, 4.69) is 37.6 Å². The van der Waals surface area contributed by atoms with Crippen LogP contribution in [0.5, 0.6) is 0 Å². The van der Waals surface area contributed by atoms with Gasteiger partial charge in [0.25, 0.3) is 0 Å². The van der Waals surface area contributed by atoms with Gasteiger partial charge < -0.3 is 5.11 Å². The van der Waals surface area contributed by atoms with E-state index in [1.54, 1.807) is 0 Å². The summed E-state index contributed by atoms with van der Waals surface area (Å²) in [7, 11) is 2.20. The number of hydrogen-bond acceptors (Lipinski definition) is 3. The lowest BCUT2D eigenvalue weighted by atomic mass is 9.96. The smallest absolute Gasteiger partial charge is 0.0827 e. The fourth-order valence-corrected chi connectivity index (χ4v) is 3.15. The fourth-order valence-electron chi connectivity index (χ4n) is 3.15. The van der Waals surface area contributed by atoms with Gasteiger partial charge in [0.15, 0.2) is 0 Å². The van der Waals surface area contributed by atoms with Gasteiger partial charge in [-0.05, 0) is 32.4 Å². The number of hydrogen-bond donors (Lipinski definition) is 1. The Kier molecular flexibility index (Phi) is 5.19. The first kappa shape index (κ1) is 15.5. The van der Waals surface area contributed by atoms with Crippen LogP contribution in [0.4, 0.5) is 0 Å². The van der Waals surface area contributed by atoms with Crippen LogP contribution in [0.1, 0.15) is 32.4 Å². The molecule has 3 nitrogen and oxygen atoms in total. The Morgan fingerprint density at radius 3 is 2.25 bits per heavy atom. The van der Waals surface area contributed by atoms with Gasteiger partial charge >= 0.3 is 0 Å². The van der Waals surface area contributed by atoms with Crippen molar-refractivity contribution in [3.8, 4) is 0 Å². The molecule has 1 aromatic carbocycles. The van der Waals surface area contributed by atoms with E-state index >= 15 is 0 Å². The van der Waals surface area contributed by atoms with Crippen LogP contribution in [0.3, 0.4) is 0 Å². The summed E-state index contributed by atoms with van der Waals surface area (Å²) in [4.78, 5) is 4.93. The van der Waals surface area contributed by atoms with E-state index in [0.29, 0.717) is 12.1 Å². The molecule has 1 N–H and O–H groups in total. The Morgan fingerprint density at radius 2 is 1.70 bits per heavy atom. The third-order valence-electron chi connectivity index (χ3n) is 4.66. The van der Waals surface area contributed by atoms with Crippen molar-refractivity contribution in [1.82, 2.24) is 9.80 Å². The summed E-state index contributed by atoms with van der Waals surface area (Å²) in [5.74, 6) is 0.250. The van der Waals surface area contributed by atoms with Crippen molar-refractivity contribution in [1.29, 1.82) is 0 Å². The van der Waals surface area contributed by atoms with Gasteiger partial charge in [-0.25, -0.2) is 0 Å². The summed E-state index contributed by atoms with van der Waals surface area (Å²) >= 11 is 0. The summed E-state index contributed by atoms with van der Waals surface area (Å²) in [6.45, 7) is 9.84. The number of rotatable bonds is 4. The predicted molar refractivity (Wildman–Crippen MR) is 83.7 cm³/mol. The topological polar surface area (TPSA) is 26.7 Å². The fraction of sp³-hybridized carbons (Fsp3) is 0.647. The average molecular weight is 276 g/mol. The van der Waals surface area contributed by atoms with Crippen molar-refractivity contribution in [2.45, 2.75) is 39.0 Å². The zero-order chi connectivity index (χ0) is 14.7. The molecule has 1 fully saturated rings. The SMILES string of the molecule is CC(CN1CC(C)N(C)C(C)C1)C(O)c1ccccc1. The lowest BCUT2D eigenvalue weighted by molar-refractivity contribution is 0.0281. The molecule has 0 aliphatic carbocycles. The number of aliphatic hydroxyl groups is 1. The highest BCUT2D eigenvalue weighted by atomic mass is 16.3. The van der Waals surface area contributed by atoms with Gasteiger partial charge in [0, 0.05) is 31.7 Å². The lowest BCUT2D eigenvalue weighted by Gasteiger charge is -2.43. The highest BCUT2D eigenvalue weighted by Gasteiger charge is 2.28. The minimum absolute atomic E-state index is 0.250. The molecule has 3 heteroatoms. The molecule has 0 aromatic heterocycles. The zero-order valence-electron chi connectivity index (χ0n) is 13.2. The van der Waals surface area contributed by atoms with Crippen molar-refractivity contribution in [3.05, 3.63) is 35.9 Å². The first-order chi connectivity index (χ1) is 9.49. The maximum atomic E-state index is 10.5. The van der Waals surface area contributed by atoms with E-state index in [4.69, 9.17) is 0 Å². The molecule has 1 saturated heterocycles. The normalized spacial score (nSPS) is 28.2. The molecule has 112 valence electrons. The maximum Gasteiger partial charge on any atom is 0.0827 e. The van der Waals surface area contributed by atoms with Crippen LogP contribution in [-0.2, 0) is 0 Å². The van der Waals surface area contributed by atoms with Gasteiger partial charge in [-0.3, -0.25) is 9.80 Å². The largest absolute Gasteiger partial charge is 0.388 e. The number of likely N-dealkylation sites (N-methyl/N-ethyl adjacent to an activating group) is 1. The second-order valence-corrected chi connectivity index (χ2v) is 6.41. The molecule has 1 aliphatic rings. The summed E-state index contributed by atoms with van der Waals surface area (Å²) in [5.41, 5.74) is 1.02. The summed E-state index contributed by atoms with van der Waals surface area (Å²) in [5, 5.41) is 10.5. The van der Waals surface area contributed by atoms with E-state index in [1.165, 1.54) is 0 Å². The molecule has 2 rings (SSSR count). The number of piperazine rings is 1. The Bertz CT molecular complexity index is 397. The third kappa shape index (κ3) is 3.60. The Hall–Kier alpha value is -0.900. The van der Waals surface area contributed by atoms with Crippen LogP contribution < -0.4 is 0 Å². The third-order valence-corrected chi connectivity index (χ3v) is 4.66. The summed E-state index contributed by atoms with van der Waals surface area (Å²) in [6.07, 6.45) is -0.374. The first-order valence-electron chi connectivity index (χ1n) is 7.66. The molecule has 1 aliphatic heterocycles. The van der Waals surface area contributed by atoms with Crippen molar-refractivity contribution in [3.63, 3.8) is 0 Å². The molecule has 4 atom stereocenters. The molecule has 0 radical (unpaired) electrons. The average Bonchev–Trinajstić information content (AvgIpc) is 2.44. The van der Waals surface area contributed by atoms with Crippen molar-refractivity contribution >= 4 is 0 Å². The van der Waals surface area contributed by atoms with Crippen LogP contribution in [0.15, 0.2) is 30.3 Å². The molecule has 0 amide bonds. The van der Waals surface area contributed by atoms with Crippen LogP contribution in [0.25, 0.3) is 0 Å². The van der Waals surface area contributed by atoms with Gasteiger partial charge in [0.2, 0.25) is 0 Å². The predicted octanol–water partition coefficient (Wildman–Crippen LogP) is 2.38. The van der Waals surface area contributed by atoms with Gasteiger partial charge in [-0.1, -0.05) is 37.3 Å². The van der Waals surface area contributed by atoms with Crippen molar-refractivity contribution in [2.24, 2.45) is 5.92 Å². The van der Waals surface area contributed by atoms with Crippen molar-refractivity contribution < 1.29 is 5.11 Å². The molecular formula is C17H28N2O. The molecule has 0 bridgehead atoms. The Balaban J connectivity index is 1.93. The van der Waals surface area contributed by atoms with Gasteiger partial charge in [-0.15, -0.1) is 0 Å². The van der Waals surface area contributed by atoms with Crippen LogP contribution in [0.2, 0.25) is 0 Å². The number of benzene rings is 1. The summed E-state index contributed by atoms with van der Waals surface area (Å²) in [6, 6.07) is 11.2. The van der Waals surface area contributed by atoms with E-state index in [9.17, 15) is 5.11 Å². The molecular weight excluding hydrogens is 248 g/mol. The molecule has 1 heterocycles. The van der Waals surface area contributed by atoms with Crippen LogP contribution in [0, 0.1) is 5.92 Å². The van der Waals surface area contributed by atoms with Crippen LogP contribution >= 0.6 is 0 Å². The van der Waals surface area contributed by atoms with Gasteiger partial charge in [0.1, 0.15) is 0 Å². The van der Waals surface area contributed by atoms with Crippen LogP contribution in [-0.4, -0.2) is 53.7 Å². The second-order valence-electron chi connectivity index (χ2n) is 6.41. The number of aliphatic hydroxyl groups excluding tert-OH is 1. The maximum absolute atomic E-state index is 10.5. The van der Waals surface area contributed by atoms with Gasteiger partial charge in [-0.2, -0.15) is 0 Å². The van der Waals surface area contributed by atoms with E-state index in [1.807, 2.05) is 30.3 Å². The lowest BCUT2D eigenvalue weighted by Crippen LogP contribution is -2.55. The molecule has 0 saturated carbocycles. The molecule has 0 spiro atoms. The Morgan fingerprint density at radius 1 is 1.15 bits per heavy atom. The molecule has 20 heavy (non-hydrogen) atoms. The quantitative estimate of drug-likeness (QED) is 0.914. The summed E-state index contributed by atoms with van der Waals surface area (Å²) < 4.78 is 0.